The number of rotatable bonds is 5. The van der Waals surface area contributed by atoms with Crippen molar-refractivity contribution in [3.05, 3.63) is 28.8 Å². The first kappa shape index (κ1) is 20.0. The molecule has 1 aromatic carbocycles. The Morgan fingerprint density at radius 2 is 1.39 bits per heavy atom. The average Bonchev–Trinajstić information content (AvgIpc) is 2.32. The normalized spacial score (nSPS) is 13.4. The van der Waals surface area contributed by atoms with Gasteiger partial charge in [0.25, 0.3) is 0 Å². The standard InChI is InChI=1S/C21H36O2/c1-19(2,3)14-21(7,8)17-13-15(10-9-11-22)12-16(18(17)23)20(4,5)6/h12-13,22-23H,9-11,14H2,1-8H3. The van der Waals surface area contributed by atoms with E-state index >= 15 is 0 Å². The molecule has 0 bridgehead atoms. The van der Waals surface area contributed by atoms with Gasteiger partial charge in [0.2, 0.25) is 0 Å². The minimum atomic E-state index is -0.105. The van der Waals surface area contributed by atoms with E-state index < -0.39 is 0 Å². The van der Waals surface area contributed by atoms with Crippen LogP contribution in [0, 0.1) is 5.41 Å². The third kappa shape index (κ3) is 5.53. The van der Waals surface area contributed by atoms with Crippen molar-refractivity contribution in [3.8, 4) is 5.75 Å². The Morgan fingerprint density at radius 1 is 0.870 bits per heavy atom. The molecule has 0 saturated carbocycles. The first-order chi connectivity index (χ1) is 10.3. The maximum atomic E-state index is 11.0. The van der Waals surface area contributed by atoms with Crippen LogP contribution in [0.1, 0.15) is 84.9 Å². The van der Waals surface area contributed by atoms with Crippen molar-refractivity contribution < 1.29 is 10.2 Å². The molecule has 0 amide bonds. The van der Waals surface area contributed by atoms with E-state index in [-0.39, 0.29) is 22.9 Å². The van der Waals surface area contributed by atoms with Crippen molar-refractivity contribution in [2.45, 2.75) is 85.5 Å². The molecule has 23 heavy (non-hydrogen) atoms. The zero-order valence-electron chi connectivity index (χ0n) is 16.4. The van der Waals surface area contributed by atoms with Crippen LogP contribution in [0.15, 0.2) is 12.1 Å². The van der Waals surface area contributed by atoms with E-state index in [2.05, 4.69) is 67.5 Å². The molecule has 0 atom stereocenters. The first-order valence-electron chi connectivity index (χ1n) is 8.76. The lowest BCUT2D eigenvalue weighted by molar-refractivity contribution is 0.277. The minimum Gasteiger partial charge on any atom is -0.507 e. The van der Waals surface area contributed by atoms with Crippen molar-refractivity contribution in [3.63, 3.8) is 0 Å². The summed E-state index contributed by atoms with van der Waals surface area (Å²) in [6.45, 7) is 17.8. The summed E-state index contributed by atoms with van der Waals surface area (Å²) in [6.07, 6.45) is 2.60. The summed E-state index contributed by atoms with van der Waals surface area (Å²) in [4.78, 5) is 0. The Morgan fingerprint density at radius 3 is 1.83 bits per heavy atom. The van der Waals surface area contributed by atoms with Crippen LogP contribution >= 0.6 is 0 Å². The van der Waals surface area contributed by atoms with Gasteiger partial charge >= 0.3 is 0 Å². The van der Waals surface area contributed by atoms with Crippen LogP contribution < -0.4 is 0 Å². The molecule has 0 aromatic heterocycles. The van der Waals surface area contributed by atoms with Gasteiger partial charge in [-0.3, -0.25) is 0 Å². The van der Waals surface area contributed by atoms with E-state index in [9.17, 15) is 5.11 Å². The first-order valence-corrected chi connectivity index (χ1v) is 8.76. The molecule has 0 heterocycles. The highest BCUT2D eigenvalue weighted by Crippen LogP contribution is 2.44. The molecule has 1 aromatic rings. The van der Waals surface area contributed by atoms with Crippen molar-refractivity contribution in [1.29, 1.82) is 0 Å². The van der Waals surface area contributed by atoms with Gasteiger partial charge in [-0.2, -0.15) is 0 Å². The lowest BCUT2D eigenvalue weighted by Gasteiger charge is -2.35. The Balaban J connectivity index is 3.45. The number of benzene rings is 1. The quantitative estimate of drug-likeness (QED) is 0.770. The molecule has 0 radical (unpaired) electrons. The highest BCUT2D eigenvalue weighted by atomic mass is 16.3. The smallest absolute Gasteiger partial charge is 0.123 e. The maximum Gasteiger partial charge on any atom is 0.123 e. The van der Waals surface area contributed by atoms with Crippen molar-refractivity contribution in [2.75, 3.05) is 6.61 Å². The van der Waals surface area contributed by atoms with Gasteiger partial charge in [0.15, 0.2) is 0 Å². The molecule has 2 nitrogen and oxygen atoms in total. The molecule has 1 rings (SSSR count). The summed E-state index contributed by atoms with van der Waals surface area (Å²) in [6, 6.07) is 4.26. The summed E-state index contributed by atoms with van der Waals surface area (Å²) < 4.78 is 0. The minimum absolute atomic E-state index is 0.0996. The second-order valence-corrected chi connectivity index (χ2v) is 9.74. The molecule has 0 spiro atoms. The SMILES string of the molecule is CC(C)(C)CC(C)(C)c1cc(CCCO)cc(C(C)(C)C)c1O. The zero-order chi connectivity index (χ0) is 18.1. The molecule has 0 saturated heterocycles. The molecular weight excluding hydrogens is 284 g/mol. The van der Waals surface area contributed by atoms with Crippen LogP contribution in [-0.4, -0.2) is 16.8 Å². The highest BCUT2D eigenvalue weighted by Gasteiger charge is 2.32. The van der Waals surface area contributed by atoms with Gasteiger partial charge in [0.05, 0.1) is 0 Å². The number of aromatic hydroxyl groups is 1. The van der Waals surface area contributed by atoms with Crippen LogP contribution in [0.4, 0.5) is 0 Å². The van der Waals surface area contributed by atoms with E-state index in [1.165, 1.54) is 5.56 Å². The number of aryl methyl sites for hydroxylation is 1. The maximum absolute atomic E-state index is 11.0. The Bertz CT molecular complexity index is 528. The molecule has 0 aliphatic rings. The molecule has 2 heteroatoms. The third-order valence-corrected chi connectivity index (χ3v) is 4.30. The average molecular weight is 321 g/mol. The predicted octanol–water partition coefficient (Wildman–Crippen LogP) is 5.33. The van der Waals surface area contributed by atoms with Crippen molar-refractivity contribution in [2.24, 2.45) is 5.41 Å². The molecule has 0 fully saturated rings. The topological polar surface area (TPSA) is 40.5 Å². The summed E-state index contributed by atoms with van der Waals surface area (Å²) >= 11 is 0. The van der Waals surface area contributed by atoms with E-state index in [0.717, 1.165) is 30.4 Å². The van der Waals surface area contributed by atoms with Crippen LogP contribution in [0.5, 0.6) is 5.75 Å². The molecule has 0 unspecified atom stereocenters. The highest BCUT2D eigenvalue weighted by molar-refractivity contribution is 5.50. The lowest BCUT2D eigenvalue weighted by Crippen LogP contribution is -2.26. The monoisotopic (exact) mass is 320 g/mol. The van der Waals surface area contributed by atoms with Gasteiger partial charge in [0, 0.05) is 12.2 Å². The molecule has 132 valence electrons. The van der Waals surface area contributed by atoms with E-state index in [1.807, 2.05) is 0 Å². The number of hydrogen-bond acceptors (Lipinski definition) is 2. The lowest BCUT2D eigenvalue weighted by atomic mass is 9.70. The van der Waals surface area contributed by atoms with Gasteiger partial charge in [-0.05, 0) is 46.6 Å². The molecule has 0 aliphatic carbocycles. The van der Waals surface area contributed by atoms with Gasteiger partial charge in [0.1, 0.15) is 5.75 Å². The second kappa shape index (κ2) is 6.84. The van der Waals surface area contributed by atoms with E-state index in [0.29, 0.717) is 5.75 Å². The number of phenolic OH excluding ortho intramolecular Hbond substituents is 1. The fourth-order valence-corrected chi connectivity index (χ4v) is 3.63. The third-order valence-electron chi connectivity index (χ3n) is 4.30. The Hall–Kier alpha value is -1.02. The second-order valence-electron chi connectivity index (χ2n) is 9.74. The van der Waals surface area contributed by atoms with Crippen molar-refractivity contribution in [1.82, 2.24) is 0 Å². The number of aliphatic hydroxyl groups excluding tert-OH is 1. The van der Waals surface area contributed by atoms with E-state index in [1.54, 1.807) is 0 Å². The fraction of sp³-hybridized carbons (Fsp3) is 0.714. The molecular formula is C21H36O2. The van der Waals surface area contributed by atoms with Gasteiger partial charge in [-0.25, -0.2) is 0 Å². The van der Waals surface area contributed by atoms with Crippen LogP contribution in [0.3, 0.4) is 0 Å². The van der Waals surface area contributed by atoms with E-state index in [4.69, 9.17) is 5.11 Å². The number of aliphatic hydroxyl groups is 1. The predicted molar refractivity (Wildman–Crippen MR) is 99.3 cm³/mol. The van der Waals surface area contributed by atoms with Gasteiger partial charge < -0.3 is 10.2 Å². The fourth-order valence-electron chi connectivity index (χ4n) is 3.63. The summed E-state index contributed by atoms with van der Waals surface area (Å²) in [5, 5.41) is 20.1. The largest absolute Gasteiger partial charge is 0.507 e. The number of phenols is 1. The van der Waals surface area contributed by atoms with Gasteiger partial charge in [-0.1, -0.05) is 67.5 Å². The van der Waals surface area contributed by atoms with Crippen LogP contribution in [0.25, 0.3) is 0 Å². The van der Waals surface area contributed by atoms with Crippen molar-refractivity contribution >= 4 is 0 Å². The summed E-state index contributed by atoms with van der Waals surface area (Å²) in [5.41, 5.74) is 3.24. The summed E-state index contributed by atoms with van der Waals surface area (Å²) in [5.74, 6) is 0.444. The van der Waals surface area contributed by atoms with Crippen LogP contribution in [0.2, 0.25) is 0 Å². The molecule has 2 N–H and O–H groups in total. The Labute approximate surface area is 142 Å². The van der Waals surface area contributed by atoms with Crippen LogP contribution in [-0.2, 0) is 17.3 Å². The Kier molecular flexibility index (Phi) is 5.96. The zero-order valence-corrected chi connectivity index (χ0v) is 16.4. The molecule has 0 aliphatic heterocycles. The number of hydrogen-bond donors (Lipinski definition) is 2. The van der Waals surface area contributed by atoms with Gasteiger partial charge in [-0.15, -0.1) is 0 Å². The summed E-state index contributed by atoms with van der Waals surface area (Å²) in [7, 11) is 0.